The monoisotopic (exact) mass is 492 g/mol. The summed E-state index contributed by atoms with van der Waals surface area (Å²) in [7, 11) is 0. The average molecular weight is 493 g/mol. The highest BCUT2D eigenvalue weighted by atomic mass is 19.1. The van der Waals surface area contributed by atoms with E-state index in [1.54, 1.807) is 17.0 Å². The molecule has 0 bridgehead atoms. The molecule has 2 aliphatic rings. The maximum Gasteiger partial charge on any atom is 0.260 e. The topological polar surface area (TPSA) is 65.0 Å². The van der Waals surface area contributed by atoms with Crippen molar-refractivity contribution in [3.05, 3.63) is 65.5 Å². The third kappa shape index (κ3) is 5.51. The number of piperidine rings is 1. The van der Waals surface area contributed by atoms with Crippen molar-refractivity contribution >= 4 is 23.3 Å². The van der Waals surface area contributed by atoms with Crippen LogP contribution in [-0.2, 0) is 15.1 Å². The first-order valence-corrected chi connectivity index (χ1v) is 13.1. The molecule has 2 aromatic carbocycles. The summed E-state index contributed by atoms with van der Waals surface area (Å²) in [6, 6.07) is 14.4. The van der Waals surface area contributed by atoms with Crippen molar-refractivity contribution < 1.29 is 14.0 Å². The molecule has 1 saturated heterocycles. The molecule has 6 nitrogen and oxygen atoms in total. The summed E-state index contributed by atoms with van der Waals surface area (Å²) in [5.41, 5.74) is 1.97. The van der Waals surface area contributed by atoms with Crippen LogP contribution in [0.4, 0.5) is 10.1 Å². The van der Waals surface area contributed by atoms with E-state index in [4.69, 9.17) is 4.99 Å². The summed E-state index contributed by atoms with van der Waals surface area (Å²) in [6.45, 7) is 9.31. The Morgan fingerprint density at radius 1 is 1.11 bits per heavy atom. The van der Waals surface area contributed by atoms with Crippen LogP contribution < -0.4 is 5.32 Å². The summed E-state index contributed by atoms with van der Waals surface area (Å²) >= 11 is 0. The van der Waals surface area contributed by atoms with Crippen LogP contribution in [0, 0.1) is 5.82 Å². The molecule has 2 aromatic rings. The first-order chi connectivity index (χ1) is 17.4. The van der Waals surface area contributed by atoms with E-state index in [0.29, 0.717) is 25.3 Å². The van der Waals surface area contributed by atoms with E-state index in [1.807, 2.05) is 32.9 Å². The number of likely N-dealkylation sites (tertiary alicyclic amines) is 1. The third-order valence-corrected chi connectivity index (χ3v) is 7.58. The quantitative estimate of drug-likeness (QED) is 0.516. The van der Waals surface area contributed by atoms with Crippen LogP contribution in [-0.4, -0.2) is 53.6 Å². The molecular weight excluding hydrogens is 455 g/mol. The van der Waals surface area contributed by atoms with Crippen molar-refractivity contribution in [1.82, 2.24) is 9.80 Å². The Morgan fingerprint density at radius 3 is 2.50 bits per heavy atom. The minimum atomic E-state index is -0.943. The Hall–Kier alpha value is -3.06. The highest BCUT2D eigenvalue weighted by Gasteiger charge is 2.46. The van der Waals surface area contributed by atoms with Gasteiger partial charge in [0.1, 0.15) is 11.7 Å². The first kappa shape index (κ1) is 26.0. The lowest BCUT2D eigenvalue weighted by Crippen LogP contribution is -2.42. The number of nitrogens with zero attached hydrogens (tertiary/aromatic N) is 3. The van der Waals surface area contributed by atoms with Crippen molar-refractivity contribution in [2.45, 2.75) is 64.3 Å². The Kier molecular flexibility index (Phi) is 8.19. The highest BCUT2D eigenvalue weighted by Crippen LogP contribution is 2.37. The van der Waals surface area contributed by atoms with E-state index in [-0.39, 0.29) is 17.6 Å². The number of carbonyl (C=O) groups is 2. The van der Waals surface area contributed by atoms with E-state index in [2.05, 4.69) is 22.3 Å². The number of nitrogens with one attached hydrogen (secondary N) is 1. The van der Waals surface area contributed by atoms with Crippen LogP contribution in [0.5, 0.6) is 0 Å². The van der Waals surface area contributed by atoms with Crippen LogP contribution in [0.2, 0.25) is 0 Å². The Bertz CT molecular complexity index is 1110. The molecule has 2 amide bonds. The number of amidine groups is 1. The molecule has 7 heteroatoms. The number of hydrogen-bond acceptors (Lipinski definition) is 4. The Balaban J connectivity index is 1.28. The lowest BCUT2D eigenvalue weighted by molar-refractivity contribution is -0.131. The van der Waals surface area contributed by atoms with Crippen molar-refractivity contribution in [1.29, 1.82) is 0 Å². The van der Waals surface area contributed by atoms with Crippen LogP contribution in [0.1, 0.15) is 69.9 Å². The fourth-order valence-corrected chi connectivity index (χ4v) is 5.43. The molecular formula is C29H37FN4O2. The summed E-state index contributed by atoms with van der Waals surface area (Å²) in [4.78, 5) is 34.2. The maximum atomic E-state index is 13.4. The lowest BCUT2D eigenvalue weighted by atomic mass is 9.87. The van der Waals surface area contributed by atoms with Gasteiger partial charge in [-0.25, -0.2) is 4.39 Å². The van der Waals surface area contributed by atoms with E-state index in [1.165, 1.54) is 17.7 Å². The molecule has 192 valence electrons. The summed E-state index contributed by atoms with van der Waals surface area (Å²) in [6.07, 6.45) is 4.06. The average Bonchev–Trinajstić information content (AvgIpc) is 3.14. The van der Waals surface area contributed by atoms with Gasteiger partial charge in [0.25, 0.3) is 5.91 Å². The standard InChI is InChI=1S/C29H37FN4O2/c1-4-27(35)31-26-9-6-8-23(20-26)22-14-18-33(19-15-22)16-7-17-34-21(3)32-29(5-2,28(34)36)24-10-12-25(30)13-11-24/h6,8-13,20,22H,4-5,7,14-19H2,1-3H3,(H,31,35). The number of anilines is 1. The smallest absolute Gasteiger partial charge is 0.260 e. The molecule has 4 rings (SSSR count). The van der Waals surface area contributed by atoms with Gasteiger partial charge >= 0.3 is 0 Å². The Labute approximate surface area is 213 Å². The molecule has 36 heavy (non-hydrogen) atoms. The molecule has 0 saturated carbocycles. The van der Waals surface area contributed by atoms with Crippen LogP contribution in [0.3, 0.4) is 0 Å². The van der Waals surface area contributed by atoms with Crippen molar-refractivity contribution in [2.24, 2.45) is 4.99 Å². The van der Waals surface area contributed by atoms with Gasteiger partial charge in [-0.3, -0.25) is 19.5 Å². The van der Waals surface area contributed by atoms with Crippen molar-refractivity contribution in [2.75, 3.05) is 31.5 Å². The van der Waals surface area contributed by atoms with Crippen molar-refractivity contribution in [3.63, 3.8) is 0 Å². The zero-order valence-electron chi connectivity index (χ0n) is 21.6. The van der Waals surface area contributed by atoms with Gasteiger partial charge in [-0.05, 0) is 93.6 Å². The highest BCUT2D eigenvalue weighted by molar-refractivity contribution is 6.07. The molecule has 0 radical (unpaired) electrons. The summed E-state index contributed by atoms with van der Waals surface area (Å²) in [5, 5.41) is 2.96. The molecule has 0 aliphatic carbocycles. The zero-order valence-corrected chi connectivity index (χ0v) is 21.6. The molecule has 1 atom stereocenters. The molecule has 2 aliphatic heterocycles. The first-order valence-electron chi connectivity index (χ1n) is 13.1. The Morgan fingerprint density at radius 2 is 1.83 bits per heavy atom. The number of aliphatic imine (C=N–C) groups is 1. The fourth-order valence-electron chi connectivity index (χ4n) is 5.43. The zero-order chi connectivity index (χ0) is 25.7. The molecule has 1 N–H and O–H groups in total. The van der Waals surface area contributed by atoms with E-state index in [9.17, 15) is 14.0 Å². The second kappa shape index (κ2) is 11.3. The second-order valence-corrected chi connectivity index (χ2v) is 9.83. The van der Waals surface area contributed by atoms with E-state index < -0.39 is 5.54 Å². The molecule has 1 unspecified atom stereocenters. The van der Waals surface area contributed by atoms with Gasteiger partial charge in [0, 0.05) is 18.7 Å². The largest absolute Gasteiger partial charge is 0.326 e. The number of benzene rings is 2. The van der Waals surface area contributed by atoms with Crippen molar-refractivity contribution in [3.8, 4) is 0 Å². The van der Waals surface area contributed by atoms with Gasteiger partial charge in [-0.2, -0.15) is 0 Å². The summed E-state index contributed by atoms with van der Waals surface area (Å²) < 4.78 is 13.4. The number of carbonyl (C=O) groups excluding carboxylic acids is 2. The second-order valence-electron chi connectivity index (χ2n) is 9.83. The lowest BCUT2D eigenvalue weighted by Gasteiger charge is -2.33. The molecule has 0 spiro atoms. The van der Waals surface area contributed by atoms with Gasteiger partial charge < -0.3 is 10.2 Å². The predicted molar refractivity (Wildman–Crippen MR) is 142 cm³/mol. The normalized spacial score (nSPS) is 21.1. The van der Waals surface area contributed by atoms with E-state index in [0.717, 1.165) is 56.0 Å². The van der Waals surface area contributed by atoms with Crippen LogP contribution in [0.25, 0.3) is 0 Å². The molecule has 1 fully saturated rings. The summed E-state index contributed by atoms with van der Waals surface area (Å²) in [5.74, 6) is 0.943. The van der Waals surface area contributed by atoms with Gasteiger partial charge in [0.2, 0.25) is 5.91 Å². The minimum Gasteiger partial charge on any atom is -0.326 e. The van der Waals surface area contributed by atoms with Crippen LogP contribution in [0.15, 0.2) is 53.5 Å². The van der Waals surface area contributed by atoms with Gasteiger partial charge in [-0.1, -0.05) is 38.1 Å². The minimum absolute atomic E-state index is 0.0112. The molecule has 2 heterocycles. The SMILES string of the molecule is CCC(=O)Nc1cccc(C2CCN(CCCN3C(=O)C(CC)(c4ccc(F)cc4)N=C3C)CC2)c1. The van der Waals surface area contributed by atoms with E-state index >= 15 is 0 Å². The molecule has 0 aromatic heterocycles. The fraction of sp³-hybridized carbons (Fsp3) is 0.483. The number of amides is 2. The number of rotatable bonds is 9. The van der Waals surface area contributed by atoms with Gasteiger partial charge in [0.15, 0.2) is 5.54 Å². The third-order valence-electron chi connectivity index (χ3n) is 7.58. The maximum absolute atomic E-state index is 13.4. The predicted octanol–water partition coefficient (Wildman–Crippen LogP) is 5.31. The van der Waals surface area contributed by atoms with Gasteiger partial charge in [-0.15, -0.1) is 0 Å². The van der Waals surface area contributed by atoms with Gasteiger partial charge in [0.05, 0.1) is 0 Å². The number of halogens is 1. The van der Waals surface area contributed by atoms with Crippen LogP contribution >= 0.6 is 0 Å². The number of hydrogen-bond donors (Lipinski definition) is 1.